The number of nitrogens with one attached hydrogen (secondary N) is 1. The van der Waals surface area contributed by atoms with E-state index in [-0.39, 0.29) is 17.3 Å². The van der Waals surface area contributed by atoms with Crippen molar-refractivity contribution in [3.8, 4) is 0 Å². The molecule has 1 fully saturated rings. The Balaban J connectivity index is 2.37. The molecule has 0 spiro atoms. The standard InChI is InChI=1S/C13H17N3O4/c1-15(9-4-6-14-7-5-9)12-8-10(16(19)20)2-3-11(12)13(17)18/h2-3,8-9,14H,4-7H2,1H3,(H,17,18). The number of aromatic carboxylic acids is 1. The topological polar surface area (TPSA) is 95.7 Å². The molecular weight excluding hydrogens is 262 g/mol. The summed E-state index contributed by atoms with van der Waals surface area (Å²) in [7, 11) is 1.79. The van der Waals surface area contributed by atoms with Gasteiger partial charge in [0.05, 0.1) is 16.2 Å². The number of piperidine rings is 1. The molecule has 0 unspecified atom stereocenters. The predicted octanol–water partition coefficient (Wildman–Crippen LogP) is 1.48. The number of carboxylic acids is 1. The molecule has 0 radical (unpaired) electrons. The molecule has 0 aliphatic carbocycles. The lowest BCUT2D eigenvalue weighted by Crippen LogP contribution is -2.41. The van der Waals surface area contributed by atoms with Crippen LogP contribution >= 0.6 is 0 Å². The van der Waals surface area contributed by atoms with Gasteiger partial charge in [-0.05, 0) is 32.0 Å². The summed E-state index contributed by atoms with van der Waals surface area (Å²) in [6, 6.07) is 4.05. The van der Waals surface area contributed by atoms with E-state index in [0.29, 0.717) is 5.69 Å². The maximum atomic E-state index is 11.3. The molecule has 1 aliphatic heterocycles. The maximum absolute atomic E-state index is 11.3. The summed E-state index contributed by atoms with van der Waals surface area (Å²) in [5, 5.41) is 23.3. The van der Waals surface area contributed by atoms with E-state index in [1.165, 1.54) is 18.2 Å². The van der Waals surface area contributed by atoms with Crippen molar-refractivity contribution in [1.82, 2.24) is 5.32 Å². The highest BCUT2D eigenvalue weighted by Crippen LogP contribution is 2.28. The maximum Gasteiger partial charge on any atom is 0.337 e. The summed E-state index contributed by atoms with van der Waals surface area (Å²) in [6.07, 6.45) is 1.77. The van der Waals surface area contributed by atoms with Crippen molar-refractivity contribution in [3.05, 3.63) is 33.9 Å². The first-order valence-corrected chi connectivity index (χ1v) is 6.46. The second-order valence-corrected chi connectivity index (χ2v) is 4.86. The number of anilines is 1. The van der Waals surface area contributed by atoms with Crippen LogP contribution in [0.15, 0.2) is 18.2 Å². The van der Waals surface area contributed by atoms with Gasteiger partial charge in [0.1, 0.15) is 0 Å². The molecule has 0 saturated carbocycles. The van der Waals surface area contributed by atoms with Crippen LogP contribution in [0.1, 0.15) is 23.2 Å². The van der Waals surface area contributed by atoms with Gasteiger partial charge in [-0.25, -0.2) is 4.79 Å². The molecule has 7 heteroatoms. The van der Waals surface area contributed by atoms with E-state index < -0.39 is 10.9 Å². The van der Waals surface area contributed by atoms with Crippen molar-refractivity contribution in [3.63, 3.8) is 0 Å². The van der Waals surface area contributed by atoms with Gasteiger partial charge < -0.3 is 15.3 Å². The van der Waals surface area contributed by atoms with E-state index in [0.717, 1.165) is 25.9 Å². The van der Waals surface area contributed by atoms with Gasteiger partial charge in [-0.15, -0.1) is 0 Å². The summed E-state index contributed by atoms with van der Waals surface area (Å²) in [6.45, 7) is 1.73. The SMILES string of the molecule is CN(c1cc([N+](=O)[O-])ccc1C(=O)O)C1CCNCC1. The third-order valence-electron chi connectivity index (χ3n) is 3.66. The van der Waals surface area contributed by atoms with Crippen LogP contribution < -0.4 is 10.2 Å². The highest BCUT2D eigenvalue weighted by Gasteiger charge is 2.24. The van der Waals surface area contributed by atoms with E-state index in [9.17, 15) is 20.0 Å². The highest BCUT2D eigenvalue weighted by molar-refractivity contribution is 5.95. The molecule has 0 bridgehead atoms. The molecule has 2 N–H and O–H groups in total. The number of nitrogens with zero attached hydrogens (tertiary/aromatic N) is 2. The van der Waals surface area contributed by atoms with Crippen LogP contribution in [0.2, 0.25) is 0 Å². The molecule has 1 aliphatic rings. The molecule has 1 heterocycles. The van der Waals surface area contributed by atoms with Crippen LogP contribution in [0.3, 0.4) is 0 Å². The van der Waals surface area contributed by atoms with Crippen LogP contribution in [0.25, 0.3) is 0 Å². The van der Waals surface area contributed by atoms with E-state index in [4.69, 9.17) is 0 Å². The second-order valence-electron chi connectivity index (χ2n) is 4.86. The fourth-order valence-corrected chi connectivity index (χ4v) is 2.50. The predicted molar refractivity (Wildman–Crippen MR) is 74.4 cm³/mol. The Bertz CT molecular complexity index is 526. The van der Waals surface area contributed by atoms with Crippen LogP contribution in [0.5, 0.6) is 0 Å². The fraction of sp³-hybridized carbons (Fsp3) is 0.462. The molecule has 20 heavy (non-hydrogen) atoms. The number of nitro benzene ring substituents is 1. The summed E-state index contributed by atoms with van der Waals surface area (Å²) in [5.41, 5.74) is 0.404. The first-order valence-electron chi connectivity index (χ1n) is 6.46. The monoisotopic (exact) mass is 279 g/mol. The van der Waals surface area contributed by atoms with Crippen LogP contribution in [-0.4, -0.2) is 42.2 Å². The van der Waals surface area contributed by atoms with Crippen molar-refractivity contribution < 1.29 is 14.8 Å². The largest absolute Gasteiger partial charge is 0.478 e. The van der Waals surface area contributed by atoms with E-state index in [1.54, 1.807) is 7.05 Å². The number of hydrogen-bond acceptors (Lipinski definition) is 5. The second kappa shape index (κ2) is 5.87. The lowest BCUT2D eigenvalue weighted by molar-refractivity contribution is -0.384. The number of rotatable bonds is 4. The van der Waals surface area contributed by atoms with Gasteiger partial charge in [0.2, 0.25) is 0 Å². The Morgan fingerprint density at radius 3 is 2.65 bits per heavy atom. The molecule has 1 saturated heterocycles. The Kier molecular flexibility index (Phi) is 4.19. The van der Waals surface area contributed by atoms with Gasteiger partial charge in [0.15, 0.2) is 0 Å². The van der Waals surface area contributed by atoms with Gasteiger partial charge in [0.25, 0.3) is 5.69 Å². The quantitative estimate of drug-likeness (QED) is 0.640. The number of benzene rings is 1. The lowest BCUT2D eigenvalue weighted by Gasteiger charge is -2.33. The normalized spacial score (nSPS) is 15.8. The number of carbonyl (C=O) groups is 1. The molecule has 1 aromatic carbocycles. The third kappa shape index (κ3) is 2.88. The smallest absolute Gasteiger partial charge is 0.337 e. The molecule has 1 aromatic rings. The average Bonchev–Trinajstić information content (AvgIpc) is 2.46. The van der Waals surface area contributed by atoms with Crippen LogP contribution in [0, 0.1) is 10.1 Å². The number of non-ortho nitro benzene ring substituents is 1. The molecule has 7 nitrogen and oxygen atoms in total. The zero-order chi connectivity index (χ0) is 14.7. The lowest BCUT2D eigenvalue weighted by atomic mass is 10.0. The number of nitro groups is 1. The Morgan fingerprint density at radius 1 is 1.45 bits per heavy atom. The summed E-state index contributed by atoms with van der Waals surface area (Å²) in [5.74, 6) is -1.07. The van der Waals surface area contributed by atoms with Crippen molar-refractivity contribution in [2.75, 3.05) is 25.0 Å². The molecule has 2 rings (SSSR count). The summed E-state index contributed by atoms with van der Waals surface area (Å²) >= 11 is 0. The van der Waals surface area contributed by atoms with E-state index >= 15 is 0 Å². The van der Waals surface area contributed by atoms with Crippen molar-refractivity contribution >= 4 is 17.3 Å². The van der Waals surface area contributed by atoms with Crippen LogP contribution in [0.4, 0.5) is 11.4 Å². The third-order valence-corrected chi connectivity index (χ3v) is 3.66. The zero-order valence-corrected chi connectivity index (χ0v) is 11.2. The van der Waals surface area contributed by atoms with Gasteiger partial charge in [-0.3, -0.25) is 10.1 Å². The minimum atomic E-state index is -1.07. The molecule has 0 aromatic heterocycles. The highest BCUT2D eigenvalue weighted by atomic mass is 16.6. The average molecular weight is 279 g/mol. The van der Waals surface area contributed by atoms with Crippen molar-refractivity contribution in [2.45, 2.75) is 18.9 Å². The van der Waals surface area contributed by atoms with Gasteiger partial charge in [0, 0.05) is 25.2 Å². The first-order chi connectivity index (χ1) is 9.50. The molecular formula is C13H17N3O4. The van der Waals surface area contributed by atoms with Crippen LogP contribution in [-0.2, 0) is 0 Å². The number of hydrogen-bond donors (Lipinski definition) is 2. The summed E-state index contributed by atoms with van der Waals surface area (Å²) in [4.78, 5) is 23.5. The van der Waals surface area contributed by atoms with Crippen molar-refractivity contribution in [2.24, 2.45) is 0 Å². The fourth-order valence-electron chi connectivity index (χ4n) is 2.50. The van der Waals surface area contributed by atoms with Gasteiger partial charge in [-0.1, -0.05) is 0 Å². The molecule has 0 amide bonds. The Labute approximate surface area is 116 Å². The zero-order valence-electron chi connectivity index (χ0n) is 11.2. The molecule has 108 valence electrons. The Morgan fingerprint density at radius 2 is 2.10 bits per heavy atom. The first kappa shape index (κ1) is 14.3. The number of carboxylic acid groups (broad SMARTS) is 1. The Hall–Kier alpha value is -2.15. The van der Waals surface area contributed by atoms with Gasteiger partial charge >= 0.3 is 5.97 Å². The van der Waals surface area contributed by atoms with Crippen molar-refractivity contribution in [1.29, 1.82) is 0 Å². The summed E-state index contributed by atoms with van der Waals surface area (Å²) < 4.78 is 0. The van der Waals surface area contributed by atoms with Gasteiger partial charge in [-0.2, -0.15) is 0 Å². The minimum absolute atomic E-state index is 0.0919. The van der Waals surface area contributed by atoms with E-state index in [1.807, 2.05) is 4.90 Å². The minimum Gasteiger partial charge on any atom is -0.478 e. The molecule has 0 atom stereocenters. The van der Waals surface area contributed by atoms with E-state index in [2.05, 4.69) is 5.32 Å².